The number of terminal acetylenes is 1. The van der Waals surface area contributed by atoms with E-state index in [-0.39, 0.29) is 17.6 Å². The minimum atomic E-state index is -1.11. The first-order valence-electron chi connectivity index (χ1n) is 4.39. The van der Waals surface area contributed by atoms with Crippen molar-refractivity contribution in [2.24, 2.45) is 0 Å². The van der Waals surface area contributed by atoms with Gasteiger partial charge in [-0.15, -0.1) is 12.3 Å². The van der Waals surface area contributed by atoms with Crippen molar-refractivity contribution in [3.8, 4) is 12.3 Å². The third-order valence-corrected chi connectivity index (χ3v) is 1.71. The zero-order chi connectivity index (χ0) is 11.3. The highest BCUT2D eigenvalue weighted by atomic mass is 16.4. The molecule has 1 aromatic heterocycles. The predicted octanol–water partition coefficient (Wildman–Crippen LogP) is 0.998. The highest BCUT2D eigenvalue weighted by Crippen LogP contribution is 2.10. The summed E-state index contributed by atoms with van der Waals surface area (Å²) in [4.78, 5) is 18.4. The smallest absolute Gasteiger partial charge is 0.358 e. The molecule has 78 valence electrons. The number of hydrogen-bond acceptors (Lipinski definition) is 4. The third kappa shape index (κ3) is 2.95. The molecule has 0 saturated carbocycles. The number of nitrogens with zero attached hydrogens (tertiary/aromatic N) is 2. The second-order valence-corrected chi connectivity index (χ2v) is 3.01. The fourth-order valence-corrected chi connectivity index (χ4v) is 1.06. The van der Waals surface area contributed by atoms with Crippen LogP contribution < -0.4 is 5.32 Å². The molecule has 0 radical (unpaired) electrons. The van der Waals surface area contributed by atoms with Gasteiger partial charge in [0.1, 0.15) is 0 Å². The van der Waals surface area contributed by atoms with E-state index in [9.17, 15) is 4.79 Å². The van der Waals surface area contributed by atoms with Crippen molar-refractivity contribution >= 4 is 11.8 Å². The van der Waals surface area contributed by atoms with E-state index in [0.29, 0.717) is 6.42 Å². The fourth-order valence-electron chi connectivity index (χ4n) is 1.06. The van der Waals surface area contributed by atoms with Gasteiger partial charge in [0.2, 0.25) is 0 Å². The summed E-state index contributed by atoms with van der Waals surface area (Å²) < 4.78 is 0. The van der Waals surface area contributed by atoms with Gasteiger partial charge in [-0.05, 0) is 6.92 Å². The van der Waals surface area contributed by atoms with Gasteiger partial charge in [0.25, 0.3) is 0 Å². The summed E-state index contributed by atoms with van der Waals surface area (Å²) in [6, 6.07) is -0.0372. The lowest BCUT2D eigenvalue weighted by atomic mass is 10.2. The number of aromatic carboxylic acids is 1. The summed E-state index contributed by atoms with van der Waals surface area (Å²) in [5.74, 6) is 1.61. The molecule has 1 rings (SSSR count). The molecule has 1 heterocycles. The molecule has 2 N–H and O–H groups in total. The van der Waals surface area contributed by atoms with Crippen LogP contribution in [-0.4, -0.2) is 27.1 Å². The average molecular weight is 205 g/mol. The second-order valence-electron chi connectivity index (χ2n) is 3.01. The van der Waals surface area contributed by atoms with Crippen molar-refractivity contribution in [2.75, 3.05) is 5.32 Å². The van der Waals surface area contributed by atoms with Crippen molar-refractivity contribution in [2.45, 2.75) is 19.4 Å². The van der Waals surface area contributed by atoms with Crippen LogP contribution in [0.4, 0.5) is 5.82 Å². The Morgan fingerprint density at radius 2 is 2.33 bits per heavy atom. The van der Waals surface area contributed by atoms with Crippen LogP contribution in [-0.2, 0) is 0 Å². The average Bonchev–Trinajstić information content (AvgIpc) is 2.18. The molecule has 0 aliphatic heterocycles. The Morgan fingerprint density at radius 3 is 2.93 bits per heavy atom. The monoisotopic (exact) mass is 205 g/mol. The molecule has 0 fully saturated rings. The van der Waals surface area contributed by atoms with Crippen LogP contribution in [0.2, 0.25) is 0 Å². The van der Waals surface area contributed by atoms with Crippen molar-refractivity contribution in [3.63, 3.8) is 0 Å². The molecule has 5 nitrogen and oxygen atoms in total. The van der Waals surface area contributed by atoms with Gasteiger partial charge in [-0.25, -0.2) is 14.8 Å². The standard InChI is InChI=1S/C10H11N3O2/c1-3-4-7(2)13-9-8(10(14)15)11-5-6-12-9/h1,5-7H,4H2,2H3,(H,12,13)(H,14,15). The number of nitrogens with one attached hydrogen (secondary N) is 1. The van der Waals surface area contributed by atoms with Crippen molar-refractivity contribution in [1.82, 2.24) is 9.97 Å². The van der Waals surface area contributed by atoms with Crippen LogP contribution in [0.1, 0.15) is 23.8 Å². The number of anilines is 1. The molecule has 0 saturated heterocycles. The molecule has 0 spiro atoms. The van der Waals surface area contributed by atoms with Crippen LogP contribution in [0.3, 0.4) is 0 Å². The number of rotatable bonds is 4. The van der Waals surface area contributed by atoms with Gasteiger partial charge in [-0.2, -0.15) is 0 Å². The molecule has 1 aromatic rings. The summed E-state index contributed by atoms with van der Waals surface area (Å²) in [7, 11) is 0. The molecule has 0 amide bonds. The first kappa shape index (κ1) is 11.0. The lowest BCUT2D eigenvalue weighted by molar-refractivity contribution is 0.0691. The largest absolute Gasteiger partial charge is 0.476 e. The Hall–Kier alpha value is -2.09. The lowest BCUT2D eigenvalue weighted by Crippen LogP contribution is -2.18. The molecule has 15 heavy (non-hydrogen) atoms. The summed E-state index contributed by atoms with van der Waals surface area (Å²) in [6.45, 7) is 1.85. The van der Waals surface area contributed by atoms with Gasteiger partial charge < -0.3 is 10.4 Å². The minimum absolute atomic E-state index is 0.0372. The predicted molar refractivity (Wildman–Crippen MR) is 55.5 cm³/mol. The number of carboxylic acids is 1. The van der Waals surface area contributed by atoms with E-state index in [1.807, 2.05) is 6.92 Å². The maximum absolute atomic E-state index is 10.8. The van der Waals surface area contributed by atoms with E-state index < -0.39 is 5.97 Å². The Balaban J connectivity index is 2.85. The zero-order valence-electron chi connectivity index (χ0n) is 8.27. The molecule has 0 aromatic carbocycles. The molecular formula is C10H11N3O2. The highest BCUT2D eigenvalue weighted by molar-refractivity contribution is 5.90. The van der Waals surface area contributed by atoms with Crippen LogP contribution in [0.5, 0.6) is 0 Å². The Morgan fingerprint density at radius 1 is 1.67 bits per heavy atom. The number of hydrogen-bond donors (Lipinski definition) is 2. The Labute approximate surface area is 87.6 Å². The van der Waals surface area contributed by atoms with Gasteiger partial charge in [-0.3, -0.25) is 0 Å². The number of aromatic nitrogens is 2. The molecule has 0 aliphatic carbocycles. The normalized spacial score (nSPS) is 11.5. The summed E-state index contributed by atoms with van der Waals surface area (Å²) in [6.07, 6.45) is 8.40. The molecule has 5 heteroatoms. The Kier molecular flexibility index (Phi) is 3.63. The van der Waals surface area contributed by atoms with Crippen LogP contribution in [0.25, 0.3) is 0 Å². The van der Waals surface area contributed by atoms with Crippen LogP contribution in [0.15, 0.2) is 12.4 Å². The third-order valence-electron chi connectivity index (χ3n) is 1.71. The second kappa shape index (κ2) is 4.96. The van der Waals surface area contributed by atoms with E-state index in [4.69, 9.17) is 11.5 Å². The van der Waals surface area contributed by atoms with Crippen molar-refractivity contribution in [3.05, 3.63) is 18.1 Å². The lowest BCUT2D eigenvalue weighted by Gasteiger charge is -2.12. The number of carboxylic acid groups (broad SMARTS) is 1. The Bertz CT molecular complexity index is 398. The van der Waals surface area contributed by atoms with Crippen LogP contribution >= 0.6 is 0 Å². The van der Waals surface area contributed by atoms with Crippen molar-refractivity contribution in [1.29, 1.82) is 0 Å². The summed E-state index contributed by atoms with van der Waals surface area (Å²) >= 11 is 0. The van der Waals surface area contributed by atoms with Crippen LogP contribution in [0, 0.1) is 12.3 Å². The molecule has 0 aliphatic rings. The summed E-state index contributed by atoms with van der Waals surface area (Å²) in [5.41, 5.74) is -0.0960. The number of carbonyl (C=O) groups is 1. The van der Waals surface area contributed by atoms with Gasteiger partial charge in [-0.1, -0.05) is 0 Å². The van der Waals surface area contributed by atoms with E-state index in [0.717, 1.165) is 0 Å². The van der Waals surface area contributed by atoms with Gasteiger partial charge >= 0.3 is 5.97 Å². The van der Waals surface area contributed by atoms with Gasteiger partial charge in [0, 0.05) is 24.9 Å². The van der Waals surface area contributed by atoms with E-state index in [1.54, 1.807) is 0 Å². The van der Waals surface area contributed by atoms with E-state index in [2.05, 4.69) is 21.2 Å². The topological polar surface area (TPSA) is 75.1 Å². The summed E-state index contributed by atoms with van der Waals surface area (Å²) in [5, 5.41) is 11.7. The maximum atomic E-state index is 10.8. The first-order chi connectivity index (χ1) is 7.15. The zero-order valence-corrected chi connectivity index (χ0v) is 8.27. The van der Waals surface area contributed by atoms with E-state index >= 15 is 0 Å². The quantitative estimate of drug-likeness (QED) is 0.717. The highest BCUT2D eigenvalue weighted by Gasteiger charge is 2.13. The van der Waals surface area contributed by atoms with E-state index in [1.165, 1.54) is 12.4 Å². The maximum Gasteiger partial charge on any atom is 0.358 e. The molecular weight excluding hydrogens is 194 g/mol. The SMILES string of the molecule is C#CCC(C)Nc1nccnc1C(=O)O. The van der Waals surface area contributed by atoms with Gasteiger partial charge in [0.05, 0.1) is 0 Å². The molecule has 1 atom stereocenters. The molecule has 0 bridgehead atoms. The van der Waals surface area contributed by atoms with Crippen molar-refractivity contribution < 1.29 is 9.90 Å². The molecule has 1 unspecified atom stereocenters. The first-order valence-corrected chi connectivity index (χ1v) is 4.39. The fraction of sp³-hybridized carbons (Fsp3) is 0.300. The minimum Gasteiger partial charge on any atom is -0.476 e. The van der Waals surface area contributed by atoms with Gasteiger partial charge in [0.15, 0.2) is 11.5 Å².